The Kier molecular flexibility index (Phi) is 4.45. The Morgan fingerprint density at radius 2 is 1.91 bits per heavy atom. The van der Waals surface area contributed by atoms with Crippen molar-refractivity contribution in [2.45, 2.75) is 16.1 Å². The summed E-state index contributed by atoms with van der Waals surface area (Å²) in [7, 11) is -1.87. The molecule has 0 saturated carbocycles. The highest BCUT2D eigenvalue weighted by molar-refractivity contribution is 7.85. The second-order valence-corrected chi connectivity index (χ2v) is 5.54. The number of rotatable bonds is 3. The minimum absolute atomic E-state index is 0.213. The molecule has 0 aliphatic carbocycles. The molecule has 2 rings (SSSR count). The molecular weight excluding hydrogens is 319 g/mol. The molecule has 2 aromatic rings. The van der Waals surface area contributed by atoms with Gasteiger partial charge in [-0.1, -0.05) is 23.4 Å². The van der Waals surface area contributed by atoms with E-state index in [9.17, 15) is 17.4 Å². The third-order valence-corrected chi connectivity index (χ3v) is 4.07. The number of hydrogen-bond donors (Lipinski definition) is 2. The van der Waals surface area contributed by atoms with E-state index in [1.165, 1.54) is 12.1 Å². The van der Waals surface area contributed by atoms with Crippen LogP contribution >= 0.6 is 0 Å². The van der Waals surface area contributed by atoms with E-state index in [4.69, 9.17) is 10.9 Å². The molecule has 1 aromatic heterocycles. The number of pyridine rings is 1. The van der Waals surface area contributed by atoms with E-state index in [1.54, 1.807) is 18.2 Å². The van der Waals surface area contributed by atoms with Crippen LogP contribution in [0, 0.1) is 0 Å². The van der Waals surface area contributed by atoms with Crippen molar-refractivity contribution in [3.8, 4) is 0 Å². The van der Waals surface area contributed by atoms with Crippen molar-refractivity contribution in [1.29, 1.82) is 0 Å². The maximum absolute atomic E-state index is 12.7. The highest BCUT2D eigenvalue weighted by atomic mass is 32.2. The Morgan fingerprint density at radius 1 is 1.27 bits per heavy atom. The number of aromatic nitrogens is 1. The van der Waals surface area contributed by atoms with Crippen molar-refractivity contribution in [3.63, 3.8) is 0 Å². The van der Waals surface area contributed by atoms with E-state index in [2.05, 4.69) is 10.1 Å². The molecule has 0 fully saturated rings. The van der Waals surface area contributed by atoms with Crippen molar-refractivity contribution in [3.05, 3.63) is 53.7 Å². The van der Waals surface area contributed by atoms with Crippen LogP contribution in [0.3, 0.4) is 0 Å². The molecule has 9 heteroatoms. The van der Waals surface area contributed by atoms with Gasteiger partial charge in [0.05, 0.1) is 11.1 Å². The second-order valence-electron chi connectivity index (χ2n) is 4.14. The largest absolute Gasteiger partial charge is 0.417 e. The van der Waals surface area contributed by atoms with Gasteiger partial charge in [-0.15, -0.1) is 0 Å². The quantitative estimate of drug-likeness (QED) is 0.392. The van der Waals surface area contributed by atoms with Gasteiger partial charge in [-0.25, -0.2) is 9.19 Å². The molecule has 0 aliphatic rings. The molecule has 1 heterocycles. The van der Waals surface area contributed by atoms with Gasteiger partial charge in [0.15, 0.2) is 5.84 Å². The molecule has 0 amide bonds. The Morgan fingerprint density at radius 3 is 2.45 bits per heavy atom. The zero-order chi connectivity index (χ0) is 16.3. The van der Waals surface area contributed by atoms with Gasteiger partial charge in [0.2, 0.25) is 0 Å². The van der Waals surface area contributed by atoms with E-state index in [-0.39, 0.29) is 10.6 Å². The third-order valence-electron chi connectivity index (χ3n) is 2.70. The van der Waals surface area contributed by atoms with Crippen molar-refractivity contribution in [2.75, 3.05) is 0 Å². The fourth-order valence-electron chi connectivity index (χ4n) is 1.65. The predicted molar refractivity (Wildman–Crippen MR) is 72.9 cm³/mol. The average molecular weight is 329 g/mol. The summed E-state index contributed by atoms with van der Waals surface area (Å²) in [5.74, 6) is -0.599. The minimum Gasteiger partial charge on any atom is -0.409 e. The summed E-state index contributed by atoms with van der Waals surface area (Å²) in [6, 6.07) is 8.67. The molecular formula is C13H10F3N3O2S. The highest BCUT2D eigenvalue weighted by Gasteiger charge is 2.32. The van der Waals surface area contributed by atoms with Crippen molar-refractivity contribution >= 4 is 16.6 Å². The average Bonchev–Trinajstić information content (AvgIpc) is 2.52. The Labute approximate surface area is 125 Å². The van der Waals surface area contributed by atoms with Crippen molar-refractivity contribution in [2.24, 2.45) is 10.9 Å². The van der Waals surface area contributed by atoms with E-state index in [1.807, 2.05) is 0 Å². The van der Waals surface area contributed by atoms with Gasteiger partial charge in [-0.05, 0) is 18.2 Å². The molecule has 1 unspecified atom stereocenters. The number of oxime groups is 1. The molecule has 0 radical (unpaired) electrons. The van der Waals surface area contributed by atoms with Gasteiger partial charge in [0.1, 0.15) is 15.8 Å². The van der Waals surface area contributed by atoms with Crippen LogP contribution in [-0.2, 0) is 17.0 Å². The molecule has 116 valence electrons. The Hall–Kier alpha value is -2.42. The number of hydrogen-bond acceptors (Lipinski definition) is 4. The van der Waals surface area contributed by atoms with E-state index in [0.29, 0.717) is 17.2 Å². The number of alkyl halides is 3. The first kappa shape index (κ1) is 16.0. The summed E-state index contributed by atoms with van der Waals surface area (Å²) in [6.07, 6.45) is -4.09. The fraction of sp³-hybridized carbons (Fsp3) is 0.0769. The third kappa shape index (κ3) is 3.25. The molecule has 1 atom stereocenters. The normalized spacial score (nSPS) is 13.9. The molecule has 1 aromatic carbocycles. The molecule has 0 saturated heterocycles. The van der Waals surface area contributed by atoms with Crippen molar-refractivity contribution in [1.82, 2.24) is 4.98 Å². The van der Waals surface area contributed by atoms with Crippen LogP contribution in [-0.4, -0.2) is 20.2 Å². The monoisotopic (exact) mass is 329 g/mol. The van der Waals surface area contributed by atoms with Gasteiger partial charge in [-0.3, -0.25) is 0 Å². The first-order chi connectivity index (χ1) is 10.3. The number of nitrogens with zero attached hydrogens (tertiary/aromatic N) is 2. The second kappa shape index (κ2) is 6.14. The first-order valence-corrected chi connectivity index (χ1v) is 7.01. The fourth-order valence-corrected chi connectivity index (χ4v) is 2.79. The number of nitrogens with two attached hydrogens (primary N) is 1. The topological polar surface area (TPSA) is 88.6 Å². The van der Waals surface area contributed by atoms with Crippen LogP contribution in [0.5, 0.6) is 0 Å². The van der Waals surface area contributed by atoms with Crippen LogP contribution in [0.25, 0.3) is 0 Å². The lowest BCUT2D eigenvalue weighted by molar-refractivity contribution is -0.137. The van der Waals surface area contributed by atoms with Gasteiger partial charge < -0.3 is 10.9 Å². The van der Waals surface area contributed by atoms with Gasteiger partial charge in [0.25, 0.3) is 0 Å². The lowest BCUT2D eigenvalue weighted by Gasteiger charge is -2.11. The summed E-state index contributed by atoms with van der Waals surface area (Å²) in [5, 5.41) is 11.2. The molecule has 0 aliphatic heterocycles. The smallest absolute Gasteiger partial charge is 0.409 e. The van der Waals surface area contributed by atoms with Crippen LogP contribution in [0.4, 0.5) is 13.2 Å². The van der Waals surface area contributed by atoms with Crippen LogP contribution < -0.4 is 5.73 Å². The van der Waals surface area contributed by atoms with Crippen LogP contribution in [0.15, 0.2) is 57.7 Å². The summed E-state index contributed by atoms with van der Waals surface area (Å²) in [6.45, 7) is 0. The van der Waals surface area contributed by atoms with E-state index in [0.717, 1.165) is 0 Å². The summed E-state index contributed by atoms with van der Waals surface area (Å²) in [4.78, 5) is 3.93. The predicted octanol–water partition coefficient (Wildman–Crippen LogP) is 2.36. The van der Waals surface area contributed by atoms with Gasteiger partial charge in [0, 0.05) is 11.1 Å². The molecule has 22 heavy (non-hydrogen) atoms. The lowest BCUT2D eigenvalue weighted by atomic mass is 10.2. The summed E-state index contributed by atoms with van der Waals surface area (Å²) >= 11 is 0. The summed E-state index contributed by atoms with van der Waals surface area (Å²) < 4.78 is 50.6. The summed E-state index contributed by atoms with van der Waals surface area (Å²) in [5.41, 5.74) is 3.97. The Balaban J connectivity index is 2.59. The lowest BCUT2D eigenvalue weighted by Crippen LogP contribution is -2.19. The molecule has 0 bridgehead atoms. The van der Waals surface area contributed by atoms with Gasteiger partial charge >= 0.3 is 6.18 Å². The zero-order valence-electron chi connectivity index (χ0n) is 10.9. The maximum atomic E-state index is 12.7. The van der Waals surface area contributed by atoms with Gasteiger partial charge in [-0.2, -0.15) is 13.2 Å². The van der Waals surface area contributed by atoms with Crippen LogP contribution in [0.1, 0.15) is 11.1 Å². The van der Waals surface area contributed by atoms with E-state index >= 15 is 0 Å². The highest BCUT2D eigenvalue weighted by Crippen LogP contribution is 2.30. The minimum atomic E-state index is -4.65. The van der Waals surface area contributed by atoms with Crippen molar-refractivity contribution < 1.29 is 22.6 Å². The van der Waals surface area contributed by atoms with E-state index < -0.39 is 28.4 Å². The standard InChI is InChI=1S/C13H10F3N3O2S/c14-13(15,16)8-6-10(11(17)19-20)12(18-7-8)22(21)9-4-2-1-3-5-9/h1-7,20H,(H2,17,19). The molecule has 0 spiro atoms. The maximum Gasteiger partial charge on any atom is 0.417 e. The number of amidine groups is 1. The number of halogens is 3. The molecule has 5 nitrogen and oxygen atoms in total. The Bertz CT molecular complexity index is 733. The SMILES string of the molecule is NC(=NO)c1cc(C(F)(F)F)cnc1S(=O)c1ccccc1. The number of benzene rings is 1. The first-order valence-electron chi connectivity index (χ1n) is 5.86. The van der Waals surface area contributed by atoms with Crippen LogP contribution in [0.2, 0.25) is 0 Å². The zero-order valence-corrected chi connectivity index (χ0v) is 11.7. The molecule has 3 N–H and O–H groups in total.